The van der Waals surface area contributed by atoms with Crippen molar-refractivity contribution in [1.29, 1.82) is 0 Å². The maximum Gasteiger partial charge on any atom is 0.343 e. The van der Waals surface area contributed by atoms with E-state index in [4.69, 9.17) is 33.2 Å². The molecule has 0 unspecified atom stereocenters. The van der Waals surface area contributed by atoms with Crippen molar-refractivity contribution in [3.63, 3.8) is 0 Å². The minimum Gasteiger partial charge on any atom is -0.497 e. The number of methoxy groups -OCH3 is 1. The molecule has 148 valence electrons. The summed E-state index contributed by atoms with van der Waals surface area (Å²) in [5.41, 5.74) is 0. The summed E-state index contributed by atoms with van der Waals surface area (Å²) in [7, 11) is 1.57. The van der Waals surface area contributed by atoms with Gasteiger partial charge in [0.1, 0.15) is 29.8 Å². The predicted octanol–water partition coefficient (Wildman–Crippen LogP) is 2.00. The lowest BCUT2D eigenvalue weighted by atomic mass is 9.99. The fourth-order valence-electron chi connectivity index (χ4n) is 3.62. The molecule has 1 aromatic rings. The van der Waals surface area contributed by atoms with Gasteiger partial charge in [0.05, 0.1) is 7.11 Å². The van der Waals surface area contributed by atoms with Gasteiger partial charge < -0.3 is 33.2 Å². The summed E-state index contributed by atoms with van der Waals surface area (Å²) < 4.78 is 40.1. The molecule has 1 aromatic carbocycles. The van der Waals surface area contributed by atoms with Crippen LogP contribution in [0, 0.1) is 0 Å². The summed E-state index contributed by atoms with van der Waals surface area (Å²) in [6.45, 7) is 7.14. The van der Waals surface area contributed by atoms with Crippen molar-refractivity contribution in [3.8, 4) is 11.5 Å². The first kappa shape index (κ1) is 18.6. The molecular weight excluding hydrogens is 356 g/mol. The van der Waals surface area contributed by atoms with Gasteiger partial charge in [0, 0.05) is 0 Å². The van der Waals surface area contributed by atoms with Crippen molar-refractivity contribution in [1.82, 2.24) is 0 Å². The first-order chi connectivity index (χ1) is 12.7. The Morgan fingerprint density at radius 3 is 2.07 bits per heavy atom. The molecule has 27 heavy (non-hydrogen) atoms. The molecule has 3 fully saturated rings. The molecule has 0 bridgehead atoms. The highest BCUT2D eigenvalue weighted by atomic mass is 16.9. The summed E-state index contributed by atoms with van der Waals surface area (Å²) in [6, 6.07) is 6.71. The Bertz CT molecular complexity index is 713. The zero-order chi connectivity index (χ0) is 19.4. The normalized spacial score (nSPS) is 36.0. The molecule has 0 N–H and O–H groups in total. The van der Waals surface area contributed by atoms with Gasteiger partial charge in [-0.25, -0.2) is 4.79 Å². The molecule has 3 heterocycles. The fraction of sp³-hybridized carbons (Fsp3) is 0.632. The predicted molar refractivity (Wildman–Crippen MR) is 91.2 cm³/mol. The Kier molecular flexibility index (Phi) is 4.44. The van der Waals surface area contributed by atoms with E-state index in [1.807, 2.05) is 0 Å². The van der Waals surface area contributed by atoms with E-state index >= 15 is 0 Å². The van der Waals surface area contributed by atoms with Gasteiger partial charge in [-0.1, -0.05) is 0 Å². The number of hydrogen-bond donors (Lipinski definition) is 0. The largest absolute Gasteiger partial charge is 0.497 e. The Balaban J connectivity index is 1.55. The smallest absolute Gasteiger partial charge is 0.343 e. The van der Waals surface area contributed by atoms with Gasteiger partial charge in [-0.05, 0) is 52.0 Å². The Hall–Kier alpha value is -1.71. The van der Waals surface area contributed by atoms with Crippen molar-refractivity contribution in [2.75, 3.05) is 7.11 Å². The minimum atomic E-state index is -1.00. The molecule has 0 saturated carbocycles. The average Bonchev–Trinajstić information content (AvgIpc) is 3.08. The molecule has 3 aliphatic heterocycles. The van der Waals surface area contributed by atoms with E-state index < -0.39 is 48.2 Å². The van der Waals surface area contributed by atoms with Gasteiger partial charge in [0.25, 0.3) is 0 Å². The number of benzene rings is 1. The third-order valence-corrected chi connectivity index (χ3v) is 4.66. The molecule has 8 nitrogen and oxygen atoms in total. The lowest BCUT2D eigenvalue weighted by Gasteiger charge is -2.35. The SMILES string of the molecule is COc1ccc(OC(=O)[C@@H]2O[C@@H]3OC(C)(C)O[C@@H]3[C@H]3OC(C)(C)O[C@@H]32)cc1. The second-order valence-electron chi connectivity index (χ2n) is 7.69. The van der Waals surface area contributed by atoms with Gasteiger partial charge in [0.2, 0.25) is 0 Å². The minimum absolute atomic E-state index is 0.380. The lowest BCUT2D eigenvalue weighted by molar-refractivity contribution is -0.236. The lowest BCUT2D eigenvalue weighted by Crippen LogP contribution is -2.58. The second kappa shape index (κ2) is 6.42. The standard InChI is InChI=1S/C19H24O8/c1-18(2)24-12-13(25-18)15-17(27-19(3,4)26-15)23-14(12)16(20)22-11-8-6-10(21-5)7-9-11/h6-9,12-15,17H,1-5H3/t12-,13-,14+,15+,17+/m0/s1. The zero-order valence-electron chi connectivity index (χ0n) is 16.0. The van der Waals surface area contributed by atoms with Crippen LogP contribution in [0.5, 0.6) is 11.5 Å². The van der Waals surface area contributed by atoms with Crippen LogP contribution in [0.25, 0.3) is 0 Å². The van der Waals surface area contributed by atoms with Gasteiger partial charge in [-0.3, -0.25) is 0 Å². The van der Waals surface area contributed by atoms with Crippen LogP contribution in [0.3, 0.4) is 0 Å². The number of carbonyl (C=O) groups excluding carboxylic acids is 1. The van der Waals surface area contributed by atoms with Crippen LogP contribution in [0.1, 0.15) is 27.7 Å². The van der Waals surface area contributed by atoms with Gasteiger partial charge in [0.15, 0.2) is 24.0 Å². The van der Waals surface area contributed by atoms with E-state index in [9.17, 15) is 4.79 Å². The van der Waals surface area contributed by atoms with Crippen LogP contribution in [0.4, 0.5) is 0 Å². The van der Waals surface area contributed by atoms with Crippen molar-refractivity contribution in [2.24, 2.45) is 0 Å². The molecule has 0 spiro atoms. The monoisotopic (exact) mass is 380 g/mol. The van der Waals surface area contributed by atoms with Crippen molar-refractivity contribution >= 4 is 5.97 Å². The maximum atomic E-state index is 12.8. The highest BCUT2D eigenvalue weighted by Gasteiger charge is 2.62. The molecule has 0 radical (unpaired) electrons. The van der Waals surface area contributed by atoms with E-state index in [0.29, 0.717) is 11.5 Å². The van der Waals surface area contributed by atoms with Gasteiger partial charge >= 0.3 is 5.97 Å². The molecule has 0 aromatic heterocycles. The van der Waals surface area contributed by atoms with E-state index in [-0.39, 0.29) is 0 Å². The van der Waals surface area contributed by atoms with Crippen molar-refractivity contribution < 1.29 is 38.0 Å². The van der Waals surface area contributed by atoms with Gasteiger partial charge in [-0.2, -0.15) is 0 Å². The number of carbonyl (C=O) groups is 1. The van der Waals surface area contributed by atoms with E-state index in [2.05, 4.69) is 0 Å². The summed E-state index contributed by atoms with van der Waals surface area (Å²) in [6.07, 6.45) is -3.40. The highest BCUT2D eigenvalue weighted by molar-refractivity contribution is 5.78. The molecule has 5 atom stereocenters. The van der Waals surface area contributed by atoms with Crippen LogP contribution in [0.2, 0.25) is 0 Å². The zero-order valence-corrected chi connectivity index (χ0v) is 16.0. The van der Waals surface area contributed by atoms with Crippen molar-refractivity contribution in [2.45, 2.75) is 70.0 Å². The third-order valence-electron chi connectivity index (χ3n) is 4.66. The number of hydrogen-bond acceptors (Lipinski definition) is 8. The van der Waals surface area contributed by atoms with Crippen LogP contribution >= 0.6 is 0 Å². The Morgan fingerprint density at radius 1 is 0.852 bits per heavy atom. The first-order valence-electron chi connectivity index (χ1n) is 8.90. The van der Waals surface area contributed by atoms with Crippen LogP contribution in [0.15, 0.2) is 24.3 Å². The molecule has 0 amide bonds. The summed E-state index contributed by atoms with van der Waals surface area (Å²) >= 11 is 0. The van der Waals surface area contributed by atoms with Gasteiger partial charge in [-0.15, -0.1) is 0 Å². The molecule has 3 saturated heterocycles. The summed E-state index contributed by atoms with van der Waals surface area (Å²) in [5.74, 6) is -1.25. The van der Waals surface area contributed by atoms with Crippen LogP contribution in [-0.2, 0) is 28.5 Å². The Morgan fingerprint density at radius 2 is 1.41 bits per heavy atom. The number of ether oxygens (including phenoxy) is 7. The average molecular weight is 380 g/mol. The summed E-state index contributed by atoms with van der Waals surface area (Å²) in [5, 5.41) is 0. The first-order valence-corrected chi connectivity index (χ1v) is 8.90. The molecule has 3 aliphatic rings. The van der Waals surface area contributed by atoms with Crippen molar-refractivity contribution in [3.05, 3.63) is 24.3 Å². The van der Waals surface area contributed by atoms with Crippen LogP contribution < -0.4 is 9.47 Å². The van der Waals surface area contributed by atoms with E-state index in [1.54, 1.807) is 59.1 Å². The molecule has 4 rings (SSSR count). The maximum absolute atomic E-state index is 12.8. The number of esters is 1. The Labute approximate surface area is 157 Å². The number of fused-ring (bicyclic) bond motifs is 3. The molecular formula is C19H24O8. The second-order valence-corrected chi connectivity index (χ2v) is 7.69. The van der Waals surface area contributed by atoms with Crippen LogP contribution in [-0.4, -0.2) is 55.4 Å². The topological polar surface area (TPSA) is 81.7 Å². The molecule has 8 heteroatoms. The number of rotatable bonds is 3. The third kappa shape index (κ3) is 3.55. The fourth-order valence-corrected chi connectivity index (χ4v) is 3.62. The highest BCUT2D eigenvalue weighted by Crippen LogP contribution is 2.44. The van der Waals surface area contributed by atoms with E-state index in [0.717, 1.165) is 0 Å². The molecule has 0 aliphatic carbocycles. The van der Waals surface area contributed by atoms with E-state index in [1.165, 1.54) is 0 Å². The summed E-state index contributed by atoms with van der Waals surface area (Å²) in [4.78, 5) is 12.8. The quantitative estimate of drug-likeness (QED) is 0.582.